The van der Waals surface area contributed by atoms with E-state index in [1.807, 2.05) is 0 Å². The van der Waals surface area contributed by atoms with E-state index in [0.29, 0.717) is 38.6 Å². The van der Waals surface area contributed by atoms with Gasteiger partial charge in [-0.2, -0.15) is 0 Å². The first-order chi connectivity index (χ1) is 9.55. The maximum absolute atomic E-state index is 6.14. The minimum atomic E-state index is 0.471. The zero-order valence-corrected chi connectivity index (χ0v) is 12.5. The van der Waals surface area contributed by atoms with Crippen LogP contribution in [0.4, 0.5) is 17.1 Å². The molecule has 0 aliphatic rings. The van der Waals surface area contributed by atoms with Gasteiger partial charge in [-0.15, -0.1) is 0 Å². The molecule has 2 rings (SSSR count). The molecule has 0 saturated carbocycles. The van der Waals surface area contributed by atoms with Crippen molar-refractivity contribution in [2.45, 2.75) is 0 Å². The summed E-state index contributed by atoms with van der Waals surface area (Å²) in [6.07, 6.45) is 0. The van der Waals surface area contributed by atoms with Gasteiger partial charge in [-0.05, 0) is 18.2 Å². The smallest absolute Gasteiger partial charge is 0.144 e. The lowest BCUT2D eigenvalue weighted by Gasteiger charge is -2.15. The Morgan fingerprint density at radius 3 is 2.20 bits per heavy atom. The van der Waals surface area contributed by atoms with Crippen molar-refractivity contribution < 1.29 is 9.47 Å². The van der Waals surface area contributed by atoms with Crippen LogP contribution < -0.4 is 20.5 Å². The third-order valence-electron chi connectivity index (χ3n) is 2.74. The fraction of sp³-hybridized carbons (Fsp3) is 0.143. The minimum absolute atomic E-state index is 0.471. The van der Waals surface area contributed by atoms with E-state index in [0.717, 1.165) is 0 Å². The number of hydrogen-bond donors (Lipinski definition) is 2. The molecule has 20 heavy (non-hydrogen) atoms. The summed E-state index contributed by atoms with van der Waals surface area (Å²) in [6, 6.07) is 8.64. The Hall–Kier alpha value is -1.78. The summed E-state index contributed by atoms with van der Waals surface area (Å²) < 4.78 is 10.5. The Bertz CT molecular complexity index is 633. The average molecular weight is 313 g/mol. The van der Waals surface area contributed by atoms with Gasteiger partial charge in [0, 0.05) is 17.8 Å². The van der Waals surface area contributed by atoms with Crippen molar-refractivity contribution in [2.75, 3.05) is 25.3 Å². The largest absolute Gasteiger partial charge is 0.495 e. The van der Waals surface area contributed by atoms with Crippen LogP contribution >= 0.6 is 23.2 Å². The fourth-order valence-electron chi connectivity index (χ4n) is 1.74. The molecule has 106 valence electrons. The molecule has 0 atom stereocenters. The lowest BCUT2D eigenvalue weighted by Crippen LogP contribution is -1.97. The molecule has 0 aliphatic heterocycles. The summed E-state index contributed by atoms with van der Waals surface area (Å²) in [4.78, 5) is 0. The van der Waals surface area contributed by atoms with Gasteiger partial charge < -0.3 is 20.5 Å². The maximum Gasteiger partial charge on any atom is 0.144 e. The Kier molecular flexibility index (Phi) is 4.47. The first-order valence-electron chi connectivity index (χ1n) is 5.78. The number of rotatable bonds is 4. The van der Waals surface area contributed by atoms with E-state index in [9.17, 15) is 0 Å². The second kappa shape index (κ2) is 6.11. The van der Waals surface area contributed by atoms with E-state index in [1.54, 1.807) is 44.6 Å². The van der Waals surface area contributed by atoms with Crippen LogP contribution in [-0.2, 0) is 0 Å². The molecule has 0 radical (unpaired) electrons. The molecule has 0 spiro atoms. The highest BCUT2D eigenvalue weighted by Crippen LogP contribution is 2.38. The predicted octanol–water partition coefficient (Wildman–Crippen LogP) is 4.34. The average Bonchev–Trinajstić information content (AvgIpc) is 2.43. The van der Waals surface area contributed by atoms with Gasteiger partial charge in [0.2, 0.25) is 0 Å². The van der Waals surface area contributed by atoms with Crippen LogP contribution in [0.1, 0.15) is 0 Å². The SMILES string of the molecule is COc1cc(Nc2ccc(N)cc2Cl)c(OC)cc1Cl. The minimum Gasteiger partial charge on any atom is -0.495 e. The van der Waals surface area contributed by atoms with Gasteiger partial charge in [0.1, 0.15) is 11.5 Å². The number of nitrogens with one attached hydrogen (secondary N) is 1. The first kappa shape index (κ1) is 14.6. The molecular formula is C14H14Cl2N2O2. The second-order valence-corrected chi connectivity index (χ2v) is 4.87. The van der Waals surface area contributed by atoms with Gasteiger partial charge in [-0.25, -0.2) is 0 Å². The second-order valence-electron chi connectivity index (χ2n) is 4.05. The number of anilines is 3. The number of methoxy groups -OCH3 is 2. The van der Waals surface area contributed by atoms with E-state index in [-0.39, 0.29) is 0 Å². The molecular weight excluding hydrogens is 299 g/mol. The van der Waals surface area contributed by atoms with Gasteiger partial charge in [-0.3, -0.25) is 0 Å². The van der Waals surface area contributed by atoms with E-state index < -0.39 is 0 Å². The van der Waals surface area contributed by atoms with Crippen LogP contribution in [-0.4, -0.2) is 14.2 Å². The molecule has 6 heteroatoms. The fourth-order valence-corrected chi connectivity index (χ4v) is 2.20. The quantitative estimate of drug-likeness (QED) is 0.825. The molecule has 0 bridgehead atoms. The monoisotopic (exact) mass is 312 g/mol. The molecule has 0 amide bonds. The summed E-state index contributed by atoms with van der Waals surface area (Å²) in [7, 11) is 3.11. The van der Waals surface area contributed by atoms with E-state index in [4.69, 9.17) is 38.4 Å². The molecule has 0 aromatic heterocycles. The van der Waals surface area contributed by atoms with Crippen molar-refractivity contribution in [3.63, 3.8) is 0 Å². The van der Waals surface area contributed by atoms with Crippen molar-refractivity contribution in [3.8, 4) is 11.5 Å². The molecule has 0 fully saturated rings. The van der Waals surface area contributed by atoms with Gasteiger partial charge in [0.25, 0.3) is 0 Å². The zero-order chi connectivity index (χ0) is 14.7. The van der Waals surface area contributed by atoms with E-state index in [1.165, 1.54) is 0 Å². The van der Waals surface area contributed by atoms with Gasteiger partial charge in [0.05, 0.1) is 35.6 Å². The molecule has 3 N–H and O–H groups in total. The van der Waals surface area contributed by atoms with Crippen molar-refractivity contribution in [3.05, 3.63) is 40.4 Å². The highest BCUT2D eigenvalue weighted by molar-refractivity contribution is 6.33. The predicted molar refractivity (Wildman–Crippen MR) is 83.7 cm³/mol. The number of nitrogen functional groups attached to an aromatic ring is 1. The summed E-state index contributed by atoms with van der Waals surface area (Å²) >= 11 is 12.2. The van der Waals surface area contributed by atoms with Gasteiger partial charge >= 0.3 is 0 Å². The van der Waals surface area contributed by atoms with Crippen molar-refractivity contribution in [1.29, 1.82) is 0 Å². The molecule has 2 aromatic carbocycles. The van der Waals surface area contributed by atoms with Crippen LogP contribution in [0.15, 0.2) is 30.3 Å². The van der Waals surface area contributed by atoms with Crippen LogP contribution in [0.5, 0.6) is 11.5 Å². The normalized spacial score (nSPS) is 10.2. The molecule has 2 aromatic rings. The third-order valence-corrected chi connectivity index (χ3v) is 3.34. The summed E-state index contributed by atoms with van der Waals surface area (Å²) in [6.45, 7) is 0. The first-order valence-corrected chi connectivity index (χ1v) is 6.54. The summed E-state index contributed by atoms with van der Waals surface area (Å²) in [5.74, 6) is 1.13. The molecule has 0 heterocycles. The summed E-state index contributed by atoms with van der Waals surface area (Å²) in [5.41, 5.74) is 7.67. The third kappa shape index (κ3) is 3.03. The topological polar surface area (TPSA) is 56.5 Å². The lowest BCUT2D eigenvalue weighted by molar-refractivity contribution is 0.405. The van der Waals surface area contributed by atoms with Crippen molar-refractivity contribution >= 4 is 40.3 Å². The maximum atomic E-state index is 6.14. The standard InChI is InChI=1S/C14H14Cl2N2O2/c1-19-13-7-12(14(20-2)6-10(13)16)18-11-4-3-8(17)5-9(11)15/h3-7,18H,17H2,1-2H3. The highest BCUT2D eigenvalue weighted by atomic mass is 35.5. The number of hydrogen-bond acceptors (Lipinski definition) is 4. The summed E-state index contributed by atoms with van der Waals surface area (Å²) in [5, 5.41) is 4.16. The molecule has 4 nitrogen and oxygen atoms in total. The number of halogens is 2. The van der Waals surface area contributed by atoms with Gasteiger partial charge in [0.15, 0.2) is 0 Å². The Labute approximate surface area is 127 Å². The molecule has 0 aliphatic carbocycles. The van der Waals surface area contributed by atoms with E-state index in [2.05, 4.69) is 5.32 Å². The lowest BCUT2D eigenvalue weighted by atomic mass is 10.2. The van der Waals surface area contributed by atoms with Crippen LogP contribution in [0, 0.1) is 0 Å². The van der Waals surface area contributed by atoms with Crippen molar-refractivity contribution in [2.24, 2.45) is 0 Å². The van der Waals surface area contributed by atoms with Crippen LogP contribution in [0.25, 0.3) is 0 Å². The van der Waals surface area contributed by atoms with Gasteiger partial charge in [-0.1, -0.05) is 23.2 Å². The zero-order valence-electron chi connectivity index (χ0n) is 11.0. The van der Waals surface area contributed by atoms with Crippen LogP contribution in [0.2, 0.25) is 10.0 Å². The Morgan fingerprint density at radius 1 is 0.900 bits per heavy atom. The highest BCUT2D eigenvalue weighted by Gasteiger charge is 2.11. The van der Waals surface area contributed by atoms with Crippen molar-refractivity contribution in [1.82, 2.24) is 0 Å². The molecule has 0 unspecified atom stereocenters. The Balaban J connectivity index is 2.41. The van der Waals surface area contributed by atoms with E-state index >= 15 is 0 Å². The number of benzene rings is 2. The number of ether oxygens (including phenoxy) is 2. The number of nitrogens with two attached hydrogens (primary N) is 1. The molecule has 0 saturated heterocycles. The Morgan fingerprint density at radius 2 is 1.60 bits per heavy atom. The van der Waals surface area contributed by atoms with Crippen LogP contribution in [0.3, 0.4) is 0 Å².